The zero-order valence-corrected chi connectivity index (χ0v) is 12.9. The largest absolute Gasteiger partial charge is 0.308 e. The number of fused-ring (bicyclic) bond motifs is 2. The highest BCUT2D eigenvalue weighted by atomic mass is 16.2. The molecule has 1 aromatic heterocycles. The van der Waals surface area contributed by atoms with Gasteiger partial charge in [0.1, 0.15) is 0 Å². The Kier molecular flexibility index (Phi) is 3.19. The van der Waals surface area contributed by atoms with Crippen LogP contribution in [-0.2, 0) is 4.79 Å². The standard InChI is InChI=1S/C20H16N2O/c1-2-22-19-10-6-4-8-16(19)17(20(22)23)12-14-11-15-7-3-5-9-18(15)21-13-14/h3-13H,2H2,1H3/b17-12-. The Hall–Kier alpha value is -2.94. The van der Waals surface area contributed by atoms with Crippen LogP contribution in [0.3, 0.4) is 0 Å². The van der Waals surface area contributed by atoms with Crippen molar-refractivity contribution in [3.8, 4) is 0 Å². The summed E-state index contributed by atoms with van der Waals surface area (Å²) in [7, 11) is 0. The van der Waals surface area contributed by atoms with Gasteiger partial charge in [-0.2, -0.15) is 0 Å². The van der Waals surface area contributed by atoms with E-state index in [1.54, 1.807) is 0 Å². The highest BCUT2D eigenvalue weighted by Gasteiger charge is 2.30. The molecule has 3 nitrogen and oxygen atoms in total. The molecular weight excluding hydrogens is 284 g/mol. The third-order valence-corrected chi connectivity index (χ3v) is 4.20. The second-order valence-corrected chi connectivity index (χ2v) is 5.59. The fourth-order valence-electron chi connectivity index (χ4n) is 3.09. The van der Waals surface area contributed by atoms with E-state index in [4.69, 9.17) is 0 Å². The maximum absolute atomic E-state index is 12.7. The van der Waals surface area contributed by atoms with Crippen LogP contribution in [0.1, 0.15) is 18.1 Å². The molecular formula is C20H16N2O. The van der Waals surface area contributed by atoms with Crippen LogP contribution < -0.4 is 4.90 Å². The number of anilines is 1. The van der Waals surface area contributed by atoms with Gasteiger partial charge >= 0.3 is 0 Å². The molecule has 0 unspecified atom stereocenters. The topological polar surface area (TPSA) is 33.2 Å². The second kappa shape index (κ2) is 5.36. The SMILES string of the molecule is CCN1C(=O)/C(=C\c2cnc3ccccc3c2)c2ccccc21. The number of rotatable bonds is 2. The summed E-state index contributed by atoms with van der Waals surface area (Å²) >= 11 is 0. The molecule has 3 aromatic rings. The highest BCUT2D eigenvalue weighted by molar-refractivity contribution is 6.35. The van der Waals surface area contributed by atoms with Crippen molar-refractivity contribution in [3.05, 3.63) is 71.9 Å². The number of carbonyl (C=O) groups is 1. The van der Waals surface area contributed by atoms with Gasteiger partial charge in [-0.3, -0.25) is 9.78 Å². The van der Waals surface area contributed by atoms with E-state index in [2.05, 4.69) is 11.1 Å². The summed E-state index contributed by atoms with van der Waals surface area (Å²) < 4.78 is 0. The molecule has 1 aliphatic rings. The van der Waals surface area contributed by atoms with Crippen molar-refractivity contribution in [3.63, 3.8) is 0 Å². The quantitative estimate of drug-likeness (QED) is 0.666. The molecule has 2 aromatic carbocycles. The lowest BCUT2D eigenvalue weighted by Gasteiger charge is -2.13. The monoisotopic (exact) mass is 300 g/mol. The Morgan fingerprint density at radius 1 is 1.09 bits per heavy atom. The first-order chi connectivity index (χ1) is 11.3. The van der Waals surface area contributed by atoms with Gasteiger partial charge in [0.05, 0.1) is 11.2 Å². The molecule has 0 N–H and O–H groups in total. The zero-order valence-electron chi connectivity index (χ0n) is 12.9. The Morgan fingerprint density at radius 2 is 1.87 bits per heavy atom. The smallest absolute Gasteiger partial charge is 0.258 e. The maximum Gasteiger partial charge on any atom is 0.258 e. The summed E-state index contributed by atoms with van der Waals surface area (Å²) in [4.78, 5) is 19.0. The van der Waals surface area contributed by atoms with Crippen LogP contribution >= 0.6 is 0 Å². The van der Waals surface area contributed by atoms with Gasteiger partial charge in [-0.1, -0.05) is 36.4 Å². The van der Waals surface area contributed by atoms with Crippen LogP contribution in [0.4, 0.5) is 5.69 Å². The number of aromatic nitrogens is 1. The maximum atomic E-state index is 12.7. The molecule has 1 aliphatic heterocycles. The lowest BCUT2D eigenvalue weighted by atomic mass is 10.0. The van der Waals surface area contributed by atoms with Crippen LogP contribution in [0.25, 0.3) is 22.6 Å². The predicted molar refractivity (Wildman–Crippen MR) is 94.1 cm³/mol. The molecule has 4 rings (SSSR count). The fraction of sp³-hybridized carbons (Fsp3) is 0.100. The summed E-state index contributed by atoms with van der Waals surface area (Å²) in [5.41, 5.74) is 4.62. The third kappa shape index (κ3) is 2.21. The van der Waals surface area contributed by atoms with Crippen molar-refractivity contribution in [1.82, 2.24) is 4.98 Å². The summed E-state index contributed by atoms with van der Waals surface area (Å²) in [5, 5.41) is 1.08. The minimum atomic E-state index is 0.0573. The van der Waals surface area contributed by atoms with E-state index in [0.29, 0.717) is 6.54 Å². The van der Waals surface area contributed by atoms with Gasteiger partial charge in [0, 0.05) is 29.3 Å². The summed E-state index contributed by atoms with van der Waals surface area (Å²) in [6, 6.07) is 18.0. The van der Waals surface area contributed by atoms with E-state index < -0.39 is 0 Å². The first-order valence-electron chi connectivity index (χ1n) is 7.75. The molecule has 0 radical (unpaired) electrons. The number of nitrogens with zero attached hydrogens (tertiary/aromatic N) is 2. The number of likely N-dealkylation sites (N-methyl/N-ethyl adjacent to an activating group) is 1. The molecule has 3 heteroatoms. The van der Waals surface area contributed by atoms with Crippen LogP contribution in [-0.4, -0.2) is 17.4 Å². The van der Waals surface area contributed by atoms with Gasteiger partial charge < -0.3 is 4.90 Å². The van der Waals surface area contributed by atoms with Crippen LogP contribution in [0.5, 0.6) is 0 Å². The Balaban J connectivity index is 1.85. The van der Waals surface area contributed by atoms with E-state index in [0.717, 1.165) is 33.3 Å². The molecule has 0 fully saturated rings. The number of pyridine rings is 1. The number of amides is 1. The number of hydrogen-bond donors (Lipinski definition) is 0. The van der Waals surface area contributed by atoms with Crippen molar-refractivity contribution in [2.45, 2.75) is 6.92 Å². The van der Waals surface area contributed by atoms with E-state index in [-0.39, 0.29) is 5.91 Å². The van der Waals surface area contributed by atoms with Gasteiger partial charge in [0.25, 0.3) is 5.91 Å². The third-order valence-electron chi connectivity index (χ3n) is 4.20. The molecule has 0 spiro atoms. The minimum Gasteiger partial charge on any atom is -0.308 e. The van der Waals surface area contributed by atoms with Crippen molar-refractivity contribution < 1.29 is 4.79 Å². The average Bonchev–Trinajstić information content (AvgIpc) is 2.86. The van der Waals surface area contributed by atoms with Gasteiger partial charge in [-0.05, 0) is 36.8 Å². The predicted octanol–water partition coefficient (Wildman–Crippen LogP) is 4.14. The van der Waals surface area contributed by atoms with E-state index in [1.807, 2.05) is 72.6 Å². The summed E-state index contributed by atoms with van der Waals surface area (Å²) in [6.07, 6.45) is 3.76. The first kappa shape index (κ1) is 13.7. The van der Waals surface area contributed by atoms with Gasteiger partial charge in [-0.15, -0.1) is 0 Å². The lowest BCUT2D eigenvalue weighted by Crippen LogP contribution is -2.25. The second-order valence-electron chi connectivity index (χ2n) is 5.59. The number of benzene rings is 2. The molecule has 0 bridgehead atoms. The van der Waals surface area contributed by atoms with Gasteiger partial charge in [0.2, 0.25) is 0 Å². The molecule has 112 valence electrons. The summed E-state index contributed by atoms with van der Waals surface area (Å²) in [5.74, 6) is 0.0573. The Labute approximate surface area is 134 Å². The average molecular weight is 300 g/mol. The normalized spacial score (nSPS) is 15.4. The highest BCUT2D eigenvalue weighted by Crippen LogP contribution is 2.37. The minimum absolute atomic E-state index is 0.0573. The molecule has 0 atom stereocenters. The molecule has 1 amide bonds. The van der Waals surface area contributed by atoms with E-state index in [9.17, 15) is 4.79 Å². The van der Waals surface area contributed by atoms with E-state index >= 15 is 0 Å². The number of hydrogen-bond acceptors (Lipinski definition) is 2. The van der Waals surface area contributed by atoms with Crippen LogP contribution in [0, 0.1) is 0 Å². The molecule has 0 saturated heterocycles. The summed E-state index contributed by atoms with van der Waals surface area (Å²) in [6.45, 7) is 2.67. The first-order valence-corrected chi connectivity index (χ1v) is 7.75. The molecule has 0 aliphatic carbocycles. The number of para-hydroxylation sites is 2. The van der Waals surface area contributed by atoms with Gasteiger partial charge in [-0.25, -0.2) is 0 Å². The van der Waals surface area contributed by atoms with Crippen molar-refractivity contribution in [2.75, 3.05) is 11.4 Å². The fourth-order valence-corrected chi connectivity index (χ4v) is 3.09. The number of carbonyl (C=O) groups excluding carboxylic acids is 1. The zero-order chi connectivity index (χ0) is 15.8. The lowest BCUT2D eigenvalue weighted by molar-refractivity contribution is -0.112. The molecule has 2 heterocycles. The van der Waals surface area contributed by atoms with Crippen LogP contribution in [0.15, 0.2) is 60.8 Å². The van der Waals surface area contributed by atoms with Crippen molar-refractivity contribution in [1.29, 1.82) is 0 Å². The Morgan fingerprint density at radius 3 is 2.74 bits per heavy atom. The van der Waals surface area contributed by atoms with Gasteiger partial charge in [0.15, 0.2) is 0 Å². The Bertz CT molecular complexity index is 943. The van der Waals surface area contributed by atoms with Crippen molar-refractivity contribution in [2.24, 2.45) is 0 Å². The van der Waals surface area contributed by atoms with Crippen LogP contribution in [0.2, 0.25) is 0 Å². The van der Waals surface area contributed by atoms with Crippen molar-refractivity contribution >= 4 is 34.1 Å². The molecule has 0 saturated carbocycles. The van der Waals surface area contributed by atoms with E-state index in [1.165, 1.54) is 0 Å². The molecule has 23 heavy (non-hydrogen) atoms.